The van der Waals surface area contributed by atoms with Crippen LogP contribution in [0.1, 0.15) is 38.2 Å². The molecule has 2 nitrogen and oxygen atoms in total. The molecule has 2 N–H and O–H groups in total. The summed E-state index contributed by atoms with van der Waals surface area (Å²) in [5.41, 5.74) is 4.75. The number of aromatic nitrogens is 1. The summed E-state index contributed by atoms with van der Waals surface area (Å²) in [5.74, 6) is 0.565. The first-order valence-electron chi connectivity index (χ1n) is 6.36. The molecular formula is C13H17F3N2S. The molecule has 0 bridgehead atoms. The van der Waals surface area contributed by atoms with Crippen LogP contribution >= 0.6 is 11.8 Å². The number of alkyl halides is 3. The summed E-state index contributed by atoms with van der Waals surface area (Å²) in [6.07, 6.45) is 0.0318. The van der Waals surface area contributed by atoms with E-state index < -0.39 is 11.7 Å². The first kappa shape index (κ1) is 14.5. The third-order valence-corrected chi connectivity index (χ3v) is 4.54. The summed E-state index contributed by atoms with van der Waals surface area (Å²) < 4.78 is 38.1. The van der Waals surface area contributed by atoms with Crippen molar-refractivity contribution in [1.82, 2.24) is 4.98 Å². The third-order valence-electron chi connectivity index (χ3n) is 3.32. The van der Waals surface area contributed by atoms with Gasteiger partial charge in [0.15, 0.2) is 0 Å². The lowest BCUT2D eigenvalue weighted by atomic mass is 9.91. The minimum atomic E-state index is -4.37. The smallest absolute Gasteiger partial charge is 0.384 e. The number of nitrogen functional groups attached to an aromatic ring is 1. The van der Waals surface area contributed by atoms with Crippen molar-refractivity contribution in [3.8, 4) is 0 Å². The molecule has 0 radical (unpaired) electrons. The summed E-state index contributed by atoms with van der Waals surface area (Å²) in [6.45, 7) is 2.18. The molecule has 0 aromatic carbocycles. The summed E-state index contributed by atoms with van der Waals surface area (Å²) in [5, 5.41) is 0.727. The zero-order valence-corrected chi connectivity index (χ0v) is 11.5. The van der Waals surface area contributed by atoms with Crippen molar-refractivity contribution in [3.63, 3.8) is 0 Å². The summed E-state index contributed by atoms with van der Waals surface area (Å²) in [4.78, 5) is 4.01. The van der Waals surface area contributed by atoms with Crippen molar-refractivity contribution in [2.45, 2.75) is 49.1 Å². The van der Waals surface area contributed by atoms with Gasteiger partial charge in [0.25, 0.3) is 0 Å². The van der Waals surface area contributed by atoms with E-state index >= 15 is 0 Å². The van der Waals surface area contributed by atoms with Crippen LogP contribution in [0.25, 0.3) is 0 Å². The maximum Gasteiger partial charge on any atom is 0.416 e. The maximum absolute atomic E-state index is 12.7. The van der Waals surface area contributed by atoms with E-state index in [9.17, 15) is 13.2 Å². The normalized spacial score (nSPS) is 24.4. The monoisotopic (exact) mass is 290 g/mol. The zero-order valence-electron chi connectivity index (χ0n) is 10.7. The van der Waals surface area contributed by atoms with Crippen LogP contribution in [-0.2, 0) is 6.18 Å². The molecule has 2 rings (SSSR count). The lowest BCUT2D eigenvalue weighted by molar-refractivity contribution is -0.137. The van der Waals surface area contributed by atoms with Gasteiger partial charge in [-0.25, -0.2) is 4.98 Å². The Morgan fingerprint density at radius 1 is 1.32 bits per heavy atom. The molecule has 0 saturated heterocycles. The number of hydrogen-bond acceptors (Lipinski definition) is 3. The first-order chi connectivity index (χ1) is 8.84. The first-order valence-corrected chi connectivity index (χ1v) is 7.24. The van der Waals surface area contributed by atoms with Crippen LogP contribution in [0.2, 0.25) is 0 Å². The highest BCUT2D eigenvalue weighted by Gasteiger charge is 2.32. The van der Waals surface area contributed by atoms with Gasteiger partial charge in [0.2, 0.25) is 0 Å². The van der Waals surface area contributed by atoms with Crippen molar-refractivity contribution in [2.75, 3.05) is 5.73 Å². The Morgan fingerprint density at radius 2 is 2.05 bits per heavy atom. The van der Waals surface area contributed by atoms with Gasteiger partial charge < -0.3 is 5.73 Å². The van der Waals surface area contributed by atoms with Gasteiger partial charge >= 0.3 is 6.18 Å². The van der Waals surface area contributed by atoms with Crippen LogP contribution in [0.4, 0.5) is 19.0 Å². The number of nitrogens with zero attached hydrogens (tertiary/aromatic N) is 1. The zero-order chi connectivity index (χ0) is 14.0. The van der Waals surface area contributed by atoms with E-state index in [-0.39, 0.29) is 5.82 Å². The quantitative estimate of drug-likeness (QED) is 0.880. The Morgan fingerprint density at radius 3 is 2.68 bits per heavy atom. The van der Waals surface area contributed by atoms with Crippen LogP contribution in [0.5, 0.6) is 0 Å². The molecule has 2 unspecified atom stereocenters. The molecule has 1 aliphatic rings. The van der Waals surface area contributed by atoms with Gasteiger partial charge in [0, 0.05) is 5.25 Å². The Hall–Kier alpha value is -0.910. The van der Waals surface area contributed by atoms with Gasteiger partial charge in [-0.3, -0.25) is 0 Å². The molecule has 19 heavy (non-hydrogen) atoms. The van der Waals surface area contributed by atoms with E-state index in [2.05, 4.69) is 11.9 Å². The largest absolute Gasteiger partial charge is 0.416 e. The number of rotatable bonds is 2. The van der Waals surface area contributed by atoms with Gasteiger partial charge in [0.1, 0.15) is 5.82 Å². The number of thioether (sulfide) groups is 1. The predicted molar refractivity (Wildman–Crippen MR) is 70.9 cm³/mol. The molecule has 1 aromatic rings. The number of hydrogen-bond donors (Lipinski definition) is 1. The second kappa shape index (κ2) is 5.61. The van der Waals surface area contributed by atoms with Crippen LogP contribution in [0, 0.1) is 5.92 Å². The van der Waals surface area contributed by atoms with Crippen molar-refractivity contribution in [1.29, 1.82) is 0 Å². The molecular weight excluding hydrogens is 273 g/mol. The highest BCUT2D eigenvalue weighted by atomic mass is 32.2. The highest BCUT2D eigenvalue weighted by Crippen LogP contribution is 2.38. The molecule has 1 saturated carbocycles. The molecule has 0 spiro atoms. The molecule has 2 atom stereocenters. The van der Waals surface area contributed by atoms with Crippen molar-refractivity contribution < 1.29 is 13.2 Å². The fourth-order valence-electron chi connectivity index (χ4n) is 2.41. The minimum Gasteiger partial charge on any atom is -0.384 e. The van der Waals surface area contributed by atoms with E-state index in [4.69, 9.17) is 5.73 Å². The Kier molecular flexibility index (Phi) is 4.28. The second-order valence-corrected chi connectivity index (χ2v) is 6.45. The molecule has 1 heterocycles. The summed E-state index contributed by atoms with van der Waals surface area (Å²) in [6, 6.07) is 1.98. The van der Waals surface area contributed by atoms with Crippen molar-refractivity contribution in [3.05, 3.63) is 17.7 Å². The minimum absolute atomic E-state index is 0.0683. The Balaban J connectivity index is 2.14. The molecule has 1 aliphatic carbocycles. The highest BCUT2D eigenvalue weighted by molar-refractivity contribution is 7.99. The number of anilines is 1. The number of pyridine rings is 1. The van der Waals surface area contributed by atoms with Gasteiger partial charge in [-0.15, -0.1) is 11.8 Å². The summed E-state index contributed by atoms with van der Waals surface area (Å²) in [7, 11) is 0. The molecule has 106 valence electrons. The Labute approximate surface area is 115 Å². The van der Waals surface area contributed by atoms with Gasteiger partial charge in [-0.2, -0.15) is 13.2 Å². The molecule has 1 aromatic heterocycles. The van der Waals surface area contributed by atoms with E-state index in [0.29, 0.717) is 16.2 Å². The fraction of sp³-hybridized carbons (Fsp3) is 0.615. The van der Waals surface area contributed by atoms with Crippen LogP contribution in [0.3, 0.4) is 0 Å². The predicted octanol–water partition coefficient (Wildman–Crippen LogP) is 4.35. The Bertz CT molecular complexity index is 448. The number of halogens is 3. The fourth-order valence-corrected chi connectivity index (χ4v) is 3.81. The van der Waals surface area contributed by atoms with Crippen molar-refractivity contribution in [2.24, 2.45) is 5.92 Å². The van der Waals surface area contributed by atoms with E-state index in [0.717, 1.165) is 31.4 Å². The van der Waals surface area contributed by atoms with E-state index in [1.165, 1.54) is 18.2 Å². The average molecular weight is 290 g/mol. The average Bonchev–Trinajstić information content (AvgIpc) is 2.26. The lowest BCUT2D eigenvalue weighted by Crippen LogP contribution is -2.15. The second-order valence-electron chi connectivity index (χ2n) is 5.13. The molecule has 0 aliphatic heterocycles. The maximum atomic E-state index is 12.7. The van der Waals surface area contributed by atoms with Gasteiger partial charge in [0.05, 0.1) is 10.6 Å². The van der Waals surface area contributed by atoms with Gasteiger partial charge in [-0.05, 0) is 30.9 Å². The van der Waals surface area contributed by atoms with Crippen LogP contribution < -0.4 is 5.73 Å². The number of nitrogens with two attached hydrogens (primary N) is 1. The lowest BCUT2D eigenvalue weighted by Gasteiger charge is -2.26. The van der Waals surface area contributed by atoms with Gasteiger partial charge in [-0.1, -0.05) is 19.8 Å². The molecule has 1 fully saturated rings. The molecule has 6 heteroatoms. The van der Waals surface area contributed by atoms with Crippen molar-refractivity contribution >= 4 is 17.6 Å². The summed E-state index contributed by atoms with van der Waals surface area (Å²) >= 11 is 1.42. The SMILES string of the molecule is CC1CCCC(Sc2cc(C(F)(F)F)cc(N)n2)C1. The van der Waals surface area contributed by atoms with Crippen LogP contribution in [0.15, 0.2) is 17.2 Å². The van der Waals surface area contributed by atoms with E-state index in [1.54, 1.807) is 0 Å². The van der Waals surface area contributed by atoms with Crippen LogP contribution in [-0.4, -0.2) is 10.2 Å². The molecule has 0 amide bonds. The topological polar surface area (TPSA) is 38.9 Å². The third kappa shape index (κ3) is 4.03. The standard InChI is InChI=1S/C13H17F3N2S/c1-8-3-2-4-10(5-8)19-12-7-9(13(14,15)16)6-11(17)18-12/h6-8,10H,2-5H2,1H3,(H2,17,18). The van der Waals surface area contributed by atoms with E-state index in [1.807, 2.05) is 0 Å².